The van der Waals surface area contributed by atoms with Crippen LogP contribution >= 0.6 is 0 Å². The van der Waals surface area contributed by atoms with Gasteiger partial charge in [0.05, 0.1) is 23.1 Å². The van der Waals surface area contributed by atoms with Gasteiger partial charge in [-0.15, -0.1) is 0 Å². The van der Waals surface area contributed by atoms with Crippen LogP contribution < -0.4 is 5.32 Å². The molecule has 5 aromatic rings. The van der Waals surface area contributed by atoms with Crippen LogP contribution in [0.1, 0.15) is 0 Å². The van der Waals surface area contributed by atoms with Gasteiger partial charge in [0.1, 0.15) is 0 Å². The van der Waals surface area contributed by atoms with E-state index in [2.05, 4.69) is 49.5 Å². The second kappa shape index (κ2) is 5.97. The molecule has 0 amide bonds. The fourth-order valence-electron chi connectivity index (χ4n) is 3.07. The van der Waals surface area contributed by atoms with Crippen molar-refractivity contribution < 1.29 is 0 Å². The van der Waals surface area contributed by atoms with Crippen molar-refractivity contribution in [2.45, 2.75) is 0 Å². The molecule has 5 nitrogen and oxygen atoms in total. The lowest BCUT2D eigenvalue weighted by atomic mass is 10.1. The third-order valence-electron chi connectivity index (χ3n) is 4.38. The van der Waals surface area contributed by atoms with Crippen LogP contribution in [0.5, 0.6) is 0 Å². The number of hydrogen-bond donors (Lipinski definition) is 2. The molecule has 0 radical (unpaired) electrons. The van der Waals surface area contributed by atoms with Gasteiger partial charge in [0.2, 0.25) is 5.95 Å². The maximum atomic E-state index is 4.65. The minimum Gasteiger partial charge on any atom is -0.345 e. The highest BCUT2D eigenvalue weighted by Gasteiger charge is 2.05. The van der Waals surface area contributed by atoms with Gasteiger partial charge in [-0.3, -0.25) is 0 Å². The summed E-state index contributed by atoms with van der Waals surface area (Å²) in [5, 5.41) is 5.68. The Bertz CT molecular complexity index is 1230. The van der Waals surface area contributed by atoms with E-state index in [0.717, 1.165) is 28.0 Å². The highest BCUT2D eigenvalue weighted by Crippen LogP contribution is 2.24. The van der Waals surface area contributed by atoms with Crippen LogP contribution in [-0.2, 0) is 0 Å². The maximum absolute atomic E-state index is 4.65. The first-order chi connectivity index (χ1) is 12.8. The molecular weight excluding hydrogens is 322 g/mol. The monoisotopic (exact) mass is 337 g/mol. The third kappa shape index (κ3) is 2.65. The smallest absolute Gasteiger partial charge is 0.227 e. The van der Waals surface area contributed by atoms with E-state index in [1.807, 2.05) is 42.5 Å². The van der Waals surface area contributed by atoms with Gasteiger partial charge < -0.3 is 10.3 Å². The summed E-state index contributed by atoms with van der Waals surface area (Å²) in [4.78, 5) is 16.4. The Labute approximate surface area is 149 Å². The molecule has 0 atom stereocenters. The zero-order valence-electron chi connectivity index (χ0n) is 13.8. The quantitative estimate of drug-likeness (QED) is 0.490. The van der Waals surface area contributed by atoms with Crippen LogP contribution in [0.3, 0.4) is 0 Å². The van der Waals surface area contributed by atoms with Crippen molar-refractivity contribution in [3.05, 3.63) is 79.3 Å². The average Bonchev–Trinajstić information content (AvgIpc) is 3.16. The predicted molar refractivity (Wildman–Crippen MR) is 104 cm³/mol. The van der Waals surface area contributed by atoms with E-state index in [4.69, 9.17) is 0 Å². The van der Waals surface area contributed by atoms with Gasteiger partial charge in [0, 0.05) is 17.4 Å². The third-order valence-corrected chi connectivity index (χ3v) is 4.38. The molecule has 26 heavy (non-hydrogen) atoms. The number of hydrogen-bond acceptors (Lipinski definition) is 4. The number of aromatic amines is 1. The summed E-state index contributed by atoms with van der Waals surface area (Å²) in [6.07, 6.45) is 3.46. The van der Waals surface area contributed by atoms with Crippen LogP contribution in [0.4, 0.5) is 11.6 Å². The van der Waals surface area contributed by atoms with Crippen molar-refractivity contribution in [3.63, 3.8) is 0 Å². The van der Waals surface area contributed by atoms with E-state index < -0.39 is 0 Å². The molecule has 0 spiro atoms. The van der Waals surface area contributed by atoms with Gasteiger partial charge in [-0.25, -0.2) is 15.0 Å². The molecule has 0 saturated heterocycles. The molecule has 5 heteroatoms. The molecule has 0 fully saturated rings. The minimum atomic E-state index is 0.569. The maximum Gasteiger partial charge on any atom is 0.227 e. The van der Waals surface area contributed by atoms with Crippen molar-refractivity contribution in [2.24, 2.45) is 0 Å². The second-order valence-corrected chi connectivity index (χ2v) is 6.09. The Kier molecular flexibility index (Phi) is 3.35. The molecule has 0 unspecified atom stereocenters. The Morgan fingerprint density at radius 2 is 1.73 bits per heavy atom. The fourth-order valence-corrected chi connectivity index (χ4v) is 3.07. The lowest BCUT2D eigenvalue weighted by molar-refractivity contribution is 1.17. The standard InChI is InChI=1S/C21H15N5/c1-2-4-15-11-17(7-5-14(15)3-1)25-21-22-10-9-18(26-21)16-6-8-19-20(12-16)24-13-23-19/h1-13H,(H,23,24)(H,22,25,26). The summed E-state index contributed by atoms with van der Waals surface area (Å²) >= 11 is 0. The van der Waals surface area contributed by atoms with Crippen LogP contribution in [-0.4, -0.2) is 19.9 Å². The molecule has 2 aromatic heterocycles. The molecule has 124 valence electrons. The molecule has 0 aliphatic heterocycles. The largest absolute Gasteiger partial charge is 0.345 e. The first kappa shape index (κ1) is 14.6. The van der Waals surface area contributed by atoms with E-state index in [1.165, 1.54) is 10.8 Å². The Morgan fingerprint density at radius 3 is 2.69 bits per heavy atom. The molecule has 0 aliphatic rings. The summed E-state index contributed by atoms with van der Waals surface area (Å²) in [6, 6.07) is 22.5. The summed E-state index contributed by atoms with van der Waals surface area (Å²) < 4.78 is 0. The highest BCUT2D eigenvalue weighted by atomic mass is 15.1. The van der Waals surface area contributed by atoms with Gasteiger partial charge in [-0.2, -0.15) is 0 Å². The van der Waals surface area contributed by atoms with Gasteiger partial charge in [-0.1, -0.05) is 36.4 Å². The van der Waals surface area contributed by atoms with Crippen LogP contribution in [0.25, 0.3) is 33.1 Å². The highest BCUT2D eigenvalue weighted by molar-refractivity contribution is 5.86. The average molecular weight is 337 g/mol. The van der Waals surface area contributed by atoms with E-state index in [0.29, 0.717) is 5.95 Å². The molecule has 5 rings (SSSR count). The lowest BCUT2D eigenvalue weighted by Crippen LogP contribution is -1.97. The van der Waals surface area contributed by atoms with E-state index in [9.17, 15) is 0 Å². The zero-order chi connectivity index (χ0) is 17.3. The number of anilines is 2. The topological polar surface area (TPSA) is 66.5 Å². The zero-order valence-corrected chi connectivity index (χ0v) is 13.8. The molecular formula is C21H15N5. The summed E-state index contributed by atoms with van der Waals surface area (Å²) in [7, 11) is 0. The lowest BCUT2D eigenvalue weighted by Gasteiger charge is -2.08. The van der Waals surface area contributed by atoms with Crippen LogP contribution in [0, 0.1) is 0 Å². The first-order valence-corrected chi connectivity index (χ1v) is 8.37. The Hall–Kier alpha value is -3.73. The van der Waals surface area contributed by atoms with Crippen LogP contribution in [0.2, 0.25) is 0 Å². The molecule has 3 aromatic carbocycles. The van der Waals surface area contributed by atoms with Crippen molar-refractivity contribution in [3.8, 4) is 11.3 Å². The molecule has 2 N–H and O–H groups in total. The number of benzene rings is 3. The molecule has 0 saturated carbocycles. The van der Waals surface area contributed by atoms with Crippen molar-refractivity contribution in [2.75, 3.05) is 5.32 Å². The van der Waals surface area contributed by atoms with Crippen LogP contribution in [0.15, 0.2) is 79.3 Å². The van der Waals surface area contributed by atoms with Gasteiger partial charge in [-0.05, 0) is 41.1 Å². The number of rotatable bonds is 3. The number of aromatic nitrogens is 4. The van der Waals surface area contributed by atoms with E-state index in [1.54, 1.807) is 12.5 Å². The van der Waals surface area contributed by atoms with E-state index >= 15 is 0 Å². The molecule has 0 aliphatic carbocycles. The minimum absolute atomic E-state index is 0.569. The van der Waals surface area contributed by atoms with Crippen molar-refractivity contribution in [1.82, 2.24) is 19.9 Å². The van der Waals surface area contributed by atoms with Gasteiger partial charge >= 0.3 is 0 Å². The predicted octanol–water partition coefficient (Wildman–Crippen LogP) is 4.92. The molecule has 2 heterocycles. The van der Waals surface area contributed by atoms with Crippen molar-refractivity contribution in [1.29, 1.82) is 0 Å². The summed E-state index contributed by atoms with van der Waals surface area (Å²) in [6.45, 7) is 0. The normalized spacial score (nSPS) is 11.1. The number of imidazole rings is 1. The summed E-state index contributed by atoms with van der Waals surface area (Å²) in [5.41, 5.74) is 4.76. The second-order valence-electron chi connectivity index (χ2n) is 6.09. The summed E-state index contributed by atoms with van der Waals surface area (Å²) in [5.74, 6) is 0.569. The van der Waals surface area contributed by atoms with E-state index in [-0.39, 0.29) is 0 Å². The van der Waals surface area contributed by atoms with Gasteiger partial charge in [0.15, 0.2) is 0 Å². The Morgan fingerprint density at radius 1 is 0.808 bits per heavy atom. The number of H-pyrrole nitrogens is 1. The number of nitrogens with one attached hydrogen (secondary N) is 2. The van der Waals surface area contributed by atoms with Crippen molar-refractivity contribution >= 4 is 33.4 Å². The SMILES string of the molecule is c1ccc2cc(Nc3nccc(-c4ccc5[nH]cnc5c4)n3)ccc2c1. The Balaban J connectivity index is 1.48. The fraction of sp³-hybridized carbons (Fsp3) is 0. The van der Waals surface area contributed by atoms with Gasteiger partial charge in [0.25, 0.3) is 0 Å². The first-order valence-electron chi connectivity index (χ1n) is 8.37. The molecule has 0 bridgehead atoms. The number of nitrogens with zero attached hydrogens (tertiary/aromatic N) is 3. The number of fused-ring (bicyclic) bond motifs is 2.